The van der Waals surface area contributed by atoms with Crippen LogP contribution in [0.4, 0.5) is 13.2 Å². The van der Waals surface area contributed by atoms with E-state index in [9.17, 15) is 18.0 Å². The second-order valence-corrected chi connectivity index (χ2v) is 8.14. The Balaban J connectivity index is 1.50. The van der Waals surface area contributed by atoms with Gasteiger partial charge in [0.15, 0.2) is 0 Å². The maximum atomic E-state index is 12.9. The van der Waals surface area contributed by atoms with Gasteiger partial charge in [0.2, 0.25) is 5.82 Å². The van der Waals surface area contributed by atoms with Gasteiger partial charge < -0.3 is 10.6 Å². The lowest BCUT2D eigenvalue weighted by molar-refractivity contribution is -0.145. The molecule has 29 heavy (non-hydrogen) atoms. The average Bonchev–Trinajstić information content (AvgIpc) is 3.14. The predicted octanol–water partition coefficient (Wildman–Crippen LogP) is 3.25. The molecule has 156 valence electrons. The Kier molecular flexibility index (Phi) is 5.06. The number of rotatable bonds is 3. The molecule has 4 rings (SSSR count). The highest BCUT2D eigenvalue weighted by atomic mass is 35.5. The third-order valence-corrected chi connectivity index (χ3v) is 6.35. The number of fused-ring (bicyclic) bond motifs is 1. The van der Waals surface area contributed by atoms with E-state index in [0.717, 1.165) is 35.9 Å². The molecule has 1 aliphatic heterocycles. The Bertz CT molecular complexity index is 921. The number of aromatic nitrogens is 3. The molecule has 2 aromatic rings. The molecule has 0 unspecified atom stereocenters. The van der Waals surface area contributed by atoms with Gasteiger partial charge in [0.25, 0.3) is 11.7 Å². The van der Waals surface area contributed by atoms with E-state index in [1.165, 1.54) is 0 Å². The number of hydrogen-bond acceptors (Lipinski definition) is 4. The van der Waals surface area contributed by atoms with Crippen LogP contribution in [0.1, 0.15) is 47.7 Å². The third-order valence-electron chi connectivity index (χ3n) is 6.11. The van der Waals surface area contributed by atoms with Gasteiger partial charge in [0, 0.05) is 29.6 Å². The summed E-state index contributed by atoms with van der Waals surface area (Å²) in [5.74, 6) is -2.00. The monoisotopic (exact) mass is 427 g/mol. The number of carbonyl (C=O) groups excluding carboxylic acids is 1. The average molecular weight is 428 g/mol. The van der Waals surface area contributed by atoms with Crippen LogP contribution in [0.15, 0.2) is 24.3 Å². The first-order valence-electron chi connectivity index (χ1n) is 9.53. The van der Waals surface area contributed by atoms with Gasteiger partial charge in [-0.2, -0.15) is 18.2 Å². The van der Waals surface area contributed by atoms with Crippen LogP contribution >= 0.6 is 11.6 Å². The molecule has 10 heteroatoms. The van der Waals surface area contributed by atoms with Crippen molar-refractivity contribution in [1.82, 2.24) is 19.7 Å². The fourth-order valence-electron chi connectivity index (χ4n) is 4.45. The van der Waals surface area contributed by atoms with Gasteiger partial charge in [-0.25, -0.2) is 4.68 Å². The van der Waals surface area contributed by atoms with Crippen molar-refractivity contribution in [2.75, 3.05) is 13.1 Å². The molecular weight excluding hydrogens is 407 g/mol. The highest BCUT2D eigenvalue weighted by molar-refractivity contribution is 6.30. The van der Waals surface area contributed by atoms with Crippen LogP contribution < -0.4 is 5.73 Å². The van der Waals surface area contributed by atoms with E-state index in [0.29, 0.717) is 18.1 Å². The molecule has 1 aromatic carbocycles. The van der Waals surface area contributed by atoms with Crippen molar-refractivity contribution in [2.24, 2.45) is 5.73 Å². The van der Waals surface area contributed by atoms with E-state index >= 15 is 0 Å². The van der Waals surface area contributed by atoms with Gasteiger partial charge >= 0.3 is 6.18 Å². The van der Waals surface area contributed by atoms with Crippen LogP contribution in [0.25, 0.3) is 0 Å². The summed E-state index contributed by atoms with van der Waals surface area (Å²) in [6.45, 7) is 0.998. The minimum atomic E-state index is -4.67. The first-order valence-corrected chi connectivity index (χ1v) is 9.90. The summed E-state index contributed by atoms with van der Waals surface area (Å²) in [5, 5.41) is 4.10. The summed E-state index contributed by atoms with van der Waals surface area (Å²) in [5.41, 5.74) is 7.01. The third kappa shape index (κ3) is 3.61. The Morgan fingerprint density at radius 3 is 2.59 bits per heavy atom. The fourth-order valence-corrected chi connectivity index (χ4v) is 4.64. The molecule has 2 aliphatic rings. The van der Waals surface area contributed by atoms with Gasteiger partial charge in [-0.1, -0.05) is 23.7 Å². The topological polar surface area (TPSA) is 77.0 Å². The van der Waals surface area contributed by atoms with Crippen molar-refractivity contribution < 1.29 is 18.0 Å². The summed E-state index contributed by atoms with van der Waals surface area (Å²) in [6, 6.07) is 7.62. The molecule has 0 saturated heterocycles. The van der Waals surface area contributed by atoms with Crippen LogP contribution in [0.3, 0.4) is 0 Å². The van der Waals surface area contributed by atoms with Crippen molar-refractivity contribution in [3.05, 3.63) is 46.5 Å². The molecule has 0 radical (unpaired) electrons. The lowest BCUT2D eigenvalue weighted by Crippen LogP contribution is -2.51. The molecule has 0 spiro atoms. The van der Waals surface area contributed by atoms with E-state index in [-0.39, 0.29) is 23.8 Å². The summed E-state index contributed by atoms with van der Waals surface area (Å²) in [6.07, 6.45) is -1.68. The molecule has 0 bridgehead atoms. The lowest BCUT2D eigenvalue weighted by Gasteiger charge is -2.44. The second kappa shape index (κ2) is 7.28. The number of carbonyl (C=O) groups is 1. The molecule has 1 aromatic heterocycles. The first kappa shape index (κ1) is 20.2. The Morgan fingerprint density at radius 1 is 1.24 bits per heavy atom. The van der Waals surface area contributed by atoms with Crippen LogP contribution in [-0.2, 0) is 18.1 Å². The van der Waals surface area contributed by atoms with Gasteiger partial charge in [-0.15, -0.1) is 5.10 Å². The maximum Gasteiger partial charge on any atom is 0.453 e. The summed E-state index contributed by atoms with van der Waals surface area (Å²) in [7, 11) is 0. The number of nitrogens with zero attached hydrogens (tertiary/aromatic N) is 4. The molecule has 1 amide bonds. The summed E-state index contributed by atoms with van der Waals surface area (Å²) < 4.78 is 39.7. The number of halogens is 4. The first-order chi connectivity index (χ1) is 13.7. The number of hydrogen-bond donors (Lipinski definition) is 1. The van der Waals surface area contributed by atoms with Crippen LogP contribution in [0.2, 0.25) is 5.02 Å². The van der Waals surface area contributed by atoms with Gasteiger partial charge in [0.1, 0.15) is 0 Å². The van der Waals surface area contributed by atoms with Gasteiger partial charge in [0.05, 0.1) is 6.54 Å². The highest BCUT2D eigenvalue weighted by Crippen LogP contribution is 2.41. The molecule has 2 heterocycles. The van der Waals surface area contributed by atoms with E-state index < -0.39 is 17.9 Å². The zero-order chi connectivity index (χ0) is 20.8. The molecule has 1 aliphatic carbocycles. The second-order valence-electron chi connectivity index (χ2n) is 7.70. The number of alkyl halides is 3. The zero-order valence-corrected chi connectivity index (χ0v) is 16.4. The minimum Gasteiger partial charge on any atom is -0.331 e. The molecule has 0 atom stereocenters. The van der Waals surface area contributed by atoms with Crippen LogP contribution in [0.5, 0.6) is 0 Å². The van der Waals surface area contributed by atoms with Crippen molar-refractivity contribution in [3.8, 4) is 0 Å². The van der Waals surface area contributed by atoms with Gasteiger partial charge in [-0.05, 0) is 43.4 Å². The van der Waals surface area contributed by atoms with E-state index in [1.807, 2.05) is 24.3 Å². The molecular formula is C19H21ClF3N5O. The van der Waals surface area contributed by atoms with E-state index in [2.05, 4.69) is 10.1 Å². The summed E-state index contributed by atoms with van der Waals surface area (Å²) >= 11 is 6.15. The molecule has 1 saturated carbocycles. The smallest absolute Gasteiger partial charge is 0.331 e. The van der Waals surface area contributed by atoms with Crippen molar-refractivity contribution in [3.63, 3.8) is 0 Å². The predicted molar refractivity (Wildman–Crippen MR) is 101 cm³/mol. The molecule has 1 fully saturated rings. The Labute approximate surface area is 170 Å². The van der Waals surface area contributed by atoms with Crippen LogP contribution in [0, 0.1) is 0 Å². The highest BCUT2D eigenvalue weighted by Gasteiger charge is 2.43. The Hall–Kier alpha value is -2.13. The molecule has 2 N–H and O–H groups in total. The van der Waals surface area contributed by atoms with Crippen molar-refractivity contribution in [2.45, 2.75) is 49.9 Å². The maximum absolute atomic E-state index is 12.9. The standard InChI is InChI=1S/C19H21ClF3N5O/c20-13-3-1-2-12(10-13)18(11-24)6-4-14(5-7-18)27-8-9-28-15(16(27)29)25-17(26-28)19(21,22)23/h1-3,10,14H,4-9,11,24H2/t14-,18+. The largest absolute Gasteiger partial charge is 0.453 e. The van der Waals surface area contributed by atoms with Crippen molar-refractivity contribution >= 4 is 17.5 Å². The number of benzene rings is 1. The van der Waals surface area contributed by atoms with E-state index in [4.69, 9.17) is 17.3 Å². The normalized spacial score (nSPS) is 25.2. The molecule has 6 nitrogen and oxygen atoms in total. The Morgan fingerprint density at radius 2 is 1.97 bits per heavy atom. The summed E-state index contributed by atoms with van der Waals surface area (Å²) in [4.78, 5) is 17.9. The number of nitrogens with two attached hydrogens (primary N) is 1. The SMILES string of the molecule is NC[C@]1(c2cccc(Cl)c2)CC[C@@H](N2CCn3nc(C(F)(F)F)nc3C2=O)CC1. The zero-order valence-electron chi connectivity index (χ0n) is 15.6. The lowest BCUT2D eigenvalue weighted by atomic mass is 9.68. The number of amides is 1. The minimum absolute atomic E-state index is 0.0545. The fraction of sp³-hybridized carbons (Fsp3) is 0.526. The van der Waals surface area contributed by atoms with Crippen molar-refractivity contribution in [1.29, 1.82) is 0 Å². The quantitative estimate of drug-likeness (QED) is 0.815. The van der Waals surface area contributed by atoms with E-state index in [1.54, 1.807) is 4.90 Å². The van der Waals surface area contributed by atoms with Crippen LogP contribution in [-0.4, -0.2) is 44.7 Å². The van der Waals surface area contributed by atoms with Gasteiger partial charge in [-0.3, -0.25) is 4.79 Å².